The van der Waals surface area contributed by atoms with Gasteiger partial charge in [-0.15, -0.1) is 0 Å². The number of fused-ring (bicyclic) bond motifs is 1. The van der Waals surface area contributed by atoms with Crippen molar-refractivity contribution in [3.63, 3.8) is 0 Å². The minimum atomic E-state index is -0.191. The Morgan fingerprint density at radius 2 is 1.97 bits per heavy atom. The number of nitrogens with one attached hydrogen (secondary N) is 1. The number of nitrogens with zero attached hydrogens (tertiary/aromatic N) is 7. The highest BCUT2D eigenvalue weighted by Crippen LogP contribution is 2.33. The number of likely N-dealkylation sites (N-methyl/N-ethyl adjacent to an activating group) is 1. The van der Waals surface area contributed by atoms with Crippen molar-refractivity contribution in [1.82, 2.24) is 24.0 Å². The Balaban J connectivity index is 1.47. The summed E-state index contributed by atoms with van der Waals surface area (Å²) in [6.45, 7) is 4.00. The molecule has 3 aromatic rings. The summed E-state index contributed by atoms with van der Waals surface area (Å²) in [6, 6.07) is 8.27. The molecule has 10 heteroatoms. The lowest BCUT2D eigenvalue weighted by molar-refractivity contribution is 0.312. The van der Waals surface area contributed by atoms with Crippen LogP contribution in [0, 0.1) is 11.3 Å². The summed E-state index contributed by atoms with van der Waals surface area (Å²) >= 11 is 0. The van der Waals surface area contributed by atoms with Gasteiger partial charge in [0.05, 0.1) is 25.1 Å². The molecule has 0 radical (unpaired) electrons. The first-order valence-electron chi connectivity index (χ1n) is 11.8. The van der Waals surface area contributed by atoms with E-state index in [1.807, 2.05) is 12.1 Å². The number of piperazine rings is 1. The Kier molecular flexibility index (Phi) is 6.11. The number of ether oxygens (including phenoxy) is 1. The number of methoxy groups -OCH3 is 1. The molecule has 1 saturated heterocycles. The van der Waals surface area contributed by atoms with Gasteiger partial charge in [-0.1, -0.05) is 12.8 Å². The van der Waals surface area contributed by atoms with E-state index >= 15 is 0 Å². The van der Waals surface area contributed by atoms with Gasteiger partial charge < -0.3 is 19.9 Å². The van der Waals surface area contributed by atoms with Crippen LogP contribution in [0.1, 0.15) is 31.7 Å². The minimum absolute atomic E-state index is 0.0211. The number of hydrogen-bond acceptors (Lipinski definition) is 8. The molecule has 0 atom stereocenters. The van der Waals surface area contributed by atoms with Crippen LogP contribution in [0.25, 0.3) is 11.2 Å². The molecule has 3 heterocycles. The van der Waals surface area contributed by atoms with E-state index in [4.69, 9.17) is 9.72 Å². The van der Waals surface area contributed by atoms with Crippen molar-refractivity contribution >= 4 is 28.5 Å². The molecule has 2 aromatic heterocycles. The van der Waals surface area contributed by atoms with Gasteiger partial charge in [0, 0.05) is 44.0 Å². The molecule has 0 unspecified atom stereocenters. The summed E-state index contributed by atoms with van der Waals surface area (Å²) in [5, 5.41) is 12.5. The molecule has 5 rings (SSSR count). The zero-order valence-electron chi connectivity index (χ0n) is 19.7. The Morgan fingerprint density at radius 1 is 1.21 bits per heavy atom. The highest BCUT2D eigenvalue weighted by molar-refractivity contribution is 5.74. The second kappa shape index (κ2) is 9.35. The molecule has 2 aliphatic rings. The maximum atomic E-state index is 13.1. The summed E-state index contributed by atoms with van der Waals surface area (Å²) in [6.07, 6.45) is 5.70. The fourth-order valence-corrected chi connectivity index (χ4v) is 5.00. The molecule has 2 fully saturated rings. The Bertz CT molecular complexity index is 1280. The van der Waals surface area contributed by atoms with Crippen molar-refractivity contribution in [2.24, 2.45) is 0 Å². The SMILES string of the molecule is COc1cc(N2CCN(C)CC2)ccc1Nc1ncc2c(n1)n(C1CCCC1)c(=O)n2CC#N. The molecule has 1 aliphatic heterocycles. The van der Waals surface area contributed by atoms with Gasteiger partial charge in [0.1, 0.15) is 17.8 Å². The smallest absolute Gasteiger partial charge is 0.331 e. The number of hydrogen-bond donors (Lipinski definition) is 1. The summed E-state index contributed by atoms with van der Waals surface area (Å²) in [5.41, 5.74) is 2.84. The molecule has 1 aliphatic carbocycles. The molecular formula is C24H30N8O2. The van der Waals surface area contributed by atoms with Gasteiger partial charge in [-0.2, -0.15) is 10.2 Å². The van der Waals surface area contributed by atoms with E-state index in [2.05, 4.69) is 39.3 Å². The lowest BCUT2D eigenvalue weighted by Gasteiger charge is -2.34. The van der Waals surface area contributed by atoms with E-state index in [0.29, 0.717) is 22.9 Å². The summed E-state index contributed by atoms with van der Waals surface area (Å²) in [5.74, 6) is 1.09. The average molecular weight is 463 g/mol. The quantitative estimate of drug-likeness (QED) is 0.596. The lowest BCUT2D eigenvalue weighted by atomic mass is 10.2. The number of nitriles is 1. The van der Waals surface area contributed by atoms with Crippen LogP contribution in [0.15, 0.2) is 29.2 Å². The number of benzene rings is 1. The van der Waals surface area contributed by atoms with Crippen LogP contribution in [0.2, 0.25) is 0 Å². The van der Waals surface area contributed by atoms with E-state index in [-0.39, 0.29) is 18.3 Å². The summed E-state index contributed by atoms with van der Waals surface area (Å²) in [4.78, 5) is 26.9. The molecule has 178 valence electrons. The third-order valence-corrected chi connectivity index (χ3v) is 6.92. The van der Waals surface area contributed by atoms with Gasteiger partial charge in [-0.3, -0.25) is 9.13 Å². The fourth-order valence-electron chi connectivity index (χ4n) is 5.00. The molecule has 0 spiro atoms. The second-order valence-corrected chi connectivity index (χ2v) is 9.04. The Hall–Kier alpha value is -3.58. The highest BCUT2D eigenvalue weighted by atomic mass is 16.5. The van der Waals surface area contributed by atoms with Crippen molar-refractivity contribution in [2.45, 2.75) is 38.3 Å². The first kappa shape index (κ1) is 22.2. The van der Waals surface area contributed by atoms with E-state index in [0.717, 1.165) is 63.2 Å². The van der Waals surface area contributed by atoms with Crippen LogP contribution < -0.4 is 20.6 Å². The second-order valence-electron chi connectivity index (χ2n) is 9.04. The largest absolute Gasteiger partial charge is 0.494 e. The first-order chi connectivity index (χ1) is 16.6. The van der Waals surface area contributed by atoms with Crippen LogP contribution in [-0.4, -0.2) is 64.3 Å². The Labute approximate surface area is 198 Å². The molecule has 1 saturated carbocycles. The minimum Gasteiger partial charge on any atom is -0.494 e. The van der Waals surface area contributed by atoms with Gasteiger partial charge in [-0.05, 0) is 32.0 Å². The van der Waals surface area contributed by atoms with Gasteiger partial charge in [0.15, 0.2) is 5.65 Å². The Morgan fingerprint density at radius 3 is 2.68 bits per heavy atom. The van der Waals surface area contributed by atoms with E-state index in [1.165, 1.54) is 4.57 Å². The van der Waals surface area contributed by atoms with Gasteiger partial charge in [0.2, 0.25) is 5.95 Å². The van der Waals surface area contributed by atoms with E-state index in [1.54, 1.807) is 17.9 Å². The molecule has 10 nitrogen and oxygen atoms in total. The number of rotatable bonds is 6. The number of anilines is 3. The third kappa shape index (κ3) is 4.07. The van der Waals surface area contributed by atoms with E-state index < -0.39 is 0 Å². The maximum Gasteiger partial charge on any atom is 0.331 e. The van der Waals surface area contributed by atoms with Crippen LogP contribution in [0.4, 0.5) is 17.3 Å². The topological polar surface area (TPSA) is 104 Å². The molecule has 1 aromatic carbocycles. The third-order valence-electron chi connectivity index (χ3n) is 6.92. The van der Waals surface area contributed by atoms with Crippen LogP contribution in [0.3, 0.4) is 0 Å². The normalized spacial score (nSPS) is 17.3. The fraction of sp³-hybridized carbons (Fsp3) is 0.500. The lowest BCUT2D eigenvalue weighted by Crippen LogP contribution is -2.44. The molecule has 0 bridgehead atoms. The van der Waals surface area contributed by atoms with Crippen molar-refractivity contribution in [2.75, 3.05) is 50.6 Å². The van der Waals surface area contributed by atoms with Crippen molar-refractivity contribution in [3.8, 4) is 11.8 Å². The predicted octanol–water partition coefficient (Wildman–Crippen LogP) is 2.74. The number of imidazole rings is 1. The van der Waals surface area contributed by atoms with Gasteiger partial charge in [-0.25, -0.2) is 9.78 Å². The highest BCUT2D eigenvalue weighted by Gasteiger charge is 2.25. The zero-order chi connectivity index (χ0) is 23.7. The maximum absolute atomic E-state index is 13.1. The van der Waals surface area contributed by atoms with Gasteiger partial charge >= 0.3 is 5.69 Å². The van der Waals surface area contributed by atoms with Crippen LogP contribution in [-0.2, 0) is 6.54 Å². The van der Waals surface area contributed by atoms with Crippen molar-refractivity contribution in [3.05, 3.63) is 34.9 Å². The van der Waals surface area contributed by atoms with Gasteiger partial charge in [0.25, 0.3) is 0 Å². The van der Waals surface area contributed by atoms with Crippen molar-refractivity contribution < 1.29 is 4.74 Å². The molecule has 1 N–H and O–H groups in total. The molecular weight excluding hydrogens is 432 g/mol. The zero-order valence-corrected chi connectivity index (χ0v) is 19.7. The number of aromatic nitrogens is 4. The molecule has 34 heavy (non-hydrogen) atoms. The monoisotopic (exact) mass is 462 g/mol. The molecule has 0 amide bonds. The van der Waals surface area contributed by atoms with E-state index in [9.17, 15) is 10.1 Å². The van der Waals surface area contributed by atoms with Crippen LogP contribution in [0.5, 0.6) is 5.75 Å². The van der Waals surface area contributed by atoms with Crippen molar-refractivity contribution in [1.29, 1.82) is 5.26 Å². The summed E-state index contributed by atoms with van der Waals surface area (Å²) < 4.78 is 8.88. The van der Waals surface area contributed by atoms with Crippen LogP contribution >= 0.6 is 0 Å². The standard InChI is InChI=1S/C24H30N8O2/c1-29-11-13-30(14-12-29)18-7-8-19(21(15-18)34-2)27-23-26-16-20-22(28-23)32(17-5-3-4-6-17)24(33)31(20)10-9-25/h7-8,15-17H,3-6,10-14H2,1-2H3,(H,26,27,28). The summed E-state index contributed by atoms with van der Waals surface area (Å²) in [7, 11) is 3.79. The average Bonchev–Trinajstić information content (AvgIpc) is 3.46. The predicted molar refractivity (Wildman–Crippen MR) is 131 cm³/mol. The first-order valence-corrected chi connectivity index (χ1v) is 11.8.